The standard InChI is InChI=1S/C24H24FN5O3/c1-4-28-13-20-22(27-28)23(32)30(12-17-6-8-18(25)9-7-17)24(33)29(20)14-21(31)26-19-10-5-15(2)16(3)11-19/h5-11,13H,4,12,14H2,1-3H3,(H,26,31). The first-order valence-electron chi connectivity index (χ1n) is 10.6. The van der Waals surface area contributed by atoms with E-state index >= 15 is 0 Å². The highest BCUT2D eigenvalue weighted by atomic mass is 19.1. The zero-order valence-corrected chi connectivity index (χ0v) is 18.6. The molecule has 0 unspecified atom stereocenters. The average Bonchev–Trinajstić information content (AvgIpc) is 3.23. The lowest BCUT2D eigenvalue weighted by molar-refractivity contribution is -0.116. The minimum atomic E-state index is -0.636. The maximum Gasteiger partial charge on any atom is 0.332 e. The maximum atomic E-state index is 13.3. The first-order valence-corrected chi connectivity index (χ1v) is 10.6. The Morgan fingerprint density at radius 2 is 1.76 bits per heavy atom. The van der Waals surface area contributed by atoms with Gasteiger partial charge in [-0.15, -0.1) is 0 Å². The Morgan fingerprint density at radius 3 is 2.42 bits per heavy atom. The molecule has 0 aliphatic heterocycles. The van der Waals surface area contributed by atoms with Crippen LogP contribution in [0.15, 0.2) is 58.3 Å². The summed E-state index contributed by atoms with van der Waals surface area (Å²) in [6, 6.07) is 11.1. The van der Waals surface area contributed by atoms with Crippen molar-refractivity contribution in [3.05, 3.63) is 92.0 Å². The number of halogens is 1. The van der Waals surface area contributed by atoms with E-state index in [0.29, 0.717) is 17.8 Å². The molecular formula is C24H24FN5O3. The van der Waals surface area contributed by atoms with Crippen molar-refractivity contribution in [2.45, 2.75) is 40.4 Å². The fraction of sp³-hybridized carbons (Fsp3) is 0.250. The van der Waals surface area contributed by atoms with Crippen LogP contribution in [0.2, 0.25) is 0 Å². The van der Waals surface area contributed by atoms with E-state index in [-0.39, 0.29) is 24.1 Å². The highest BCUT2D eigenvalue weighted by Gasteiger charge is 2.19. The van der Waals surface area contributed by atoms with Crippen LogP contribution in [0, 0.1) is 19.7 Å². The summed E-state index contributed by atoms with van der Waals surface area (Å²) in [7, 11) is 0. The molecule has 2 aromatic carbocycles. The summed E-state index contributed by atoms with van der Waals surface area (Å²) in [5, 5.41) is 7.10. The summed E-state index contributed by atoms with van der Waals surface area (Å²) >= 11 is 0. The predicted octanol–water partition coefficient (Wildman–Crippen LogP) is 2.82. The van der Waals surface area contributed by atoms with Crippen molar-refractivity contribution in [1.29, 1.82) is 0 Å². The Hall–Kier alpha value is -4.01. The van der Waals surface area contributed by atoms with Crippen LogP contribution in [0.1, 0.15) is 23.6 Å². The van der Waals surface area contributed by atoms with E-state index in [4.69, 9.17) is 0 Å². The van der Waals surface area contributed by atoms with E-state index in [1.807, 2.05) is 32.9 Å². The van der Waals surface area contributed by atoms with Gasteiger partial charge in [0.25, 0.3) is 5.56 Å². The van der Waals surface area contributed by atoms with Crippen LogP contribution in [-0.2, 0) is 24.4 Å². The number of hydrogen-bond donors (Lipinski definition) is 1. The lowest BCUT2D eigenvalue weighted by atomic mass is 10.1. The number of carbonyl (C=O) groups excluding carboxylic acids is 1. The van der Waals surface area contributed by atoms with Gasteiger partial charge < -0.3 is 5.32 Å². The van der Waals surface area contributed by atoms with Crippen molar-refractivity contribution in [3.63, 3.8) is 0 Å². The summed E-state index contributed by atoms with van der Waals surface area (Å²) < 4.78 is 17.1. The Balaban J connectivity index is 1.75. The topological polar surface area (TPSA) is 90.9 Å². The van der Waals surface area contributed by atoms with Gasteiger partial charge in [-0.05, 0) is 61.7 Å². The summed E-state index contributed by atoms with van der Waals surface area (Å²) in [4.78, 5) is 39.2. The number of aryl methyl sites for hydroxylation is 3. The number of hydrogen-bond acceptors (Lipinski definition) is 4. The fourth-order valence-electron chi connectivity index (χ4n) is 3.61. The van der Waals surface area contributed by atoms with Crippen LogP contribution in [0.4, 0.5) is 10.1 Å². The molecule has 2 aromatic heterocycles. The lowest BCUT2D eigenvalue weighted by Gasteiger charge is -2.12. The Bertz CT molecular complexity index is 1460. The van der Waals surface area contributed by atoms with E-state index in [2.05, 4.69) is 10.4 Å². The first kappa shape index (κ1) is 22.2. The zero-order chi connectivity index (χ0) is 23.7. The molecule has 4 aromatic rings. The third-order valence-electron chi connectivity index (χ3n) is 5.61. The van der Waals surface area contributed by atoms with Crippen LogP contribution in [0.25, 0.3) is 11.0 Å². The van der Waals surface area contributed by atoms with Crippen LogP contribution in [0.5, 0.6) is 0 Å². The van der Waals surface area contributed by atoms with Gasteiger partial charge in [-0.3, -0.25) is 23.4 Å². The van der Waals surface area contributed by atoms with Gasteiger partial charge in [-0.1, -0.05) is 18.2 Å². The molecule has 9 heteroatoms. The van der Waals surface area contributed by atoms with Crippen LogP contribution < -0.4 is 16.6 Å². The number of fused-ring (bicyclic) bond motifs is 1. The summed E-state index contributed by atoms with van der Waals surface area (Å²) in [5.74, 6) is -0.818. The van der Waals surface area contributed by atoms with Gasteiger partial charge in [0.15, 0.2) is 5.52 Å². The highest BCUT2D eigenvalue weighted by molar-refractivity contribution is 5.91. The van der Waals surface area contributed by atoms with E-state index in [1.165, 1.54) is 28.8 Å². The van der Waals surface area contributed by atoms with Crippen molar-refractivity contribution in [1.82, 2.24) is 18.9 Å². The molecule has 4 rings (SSSR count). The number of nitrogens with one attached hydrogen (secondary N) is 1. The quantitative estimate of drug-likeness (QED) is 0.490. The third-order valence-corrected chi connectivity index (χ3v) is 5.61. The first-order chi connectivity index (χ1) is 15.8. The van der Waals surface area contributed by atoms with Crippen LogP contribution in [0.3, 0.4) is 0 Å². The number of amides is 1. The van der Waals surface area contributed by atoms with Gasteiger partial charge in [0.1, 0.15) is 12.4 Å². The Labute approximate surface area is 188 Å². The van der Waals surface area contributed by atoms with Crippen molar-refractivity contribution in [2.75, 3.05) is 5.32 Å². The molecule has 0 saturated carbocycles. The molecule has 0 spiro atoms. The molecule has 0 aliphatic carbocycles. The summed E-state index contributed by atoms with van der Waals surface area (Å²) in [6.07, 6.45) is 1.59. The Morgan fingerprint density at radius 1 is 1.03 bits per heavy atom. The number of benzene rings is 2. The van der Waals surface area contributed by atoms with Crippen molar-refractivity contribution in [2.24, 2.45) is 0 Å². The van der Waals surface area contributed by atoms with Gasteiger partial charge in [-0.2, -0.15) is 5.10 Å². The van der Waals surface area contributed by atoms with E-state index in [9.17, 15) is 18.8 Å². The molecule has 0 radical (unpaired) electrons. The monoisotopic (exact) mass is 449 g/mol. The van der Waals surface area contributed by atoms with Gasteiger partial charge in [0, 0.05) is 18.4 Å². The van der Waals surface area contributed by atoms with E-state index in [0.717, 1.165) is 15.7 Å². The molecular weight excluding hydrogens is 425 g/mol. The molecule has 8 nitrogen and oxygen atoms in total. The smallest absolute Gasteiger partial charge is 0.325 e. The van der Waals surface area contributed by atoms with Crippen molar-refractivity contribution < 1.29 is 9.18 Å². The number of aromatic nitrogens is 4. The number of anilines is 1. The molecule has 0 aliphatic rings. The minimum Gasteiger partial charge on any atom is -0.325 e. The third kappa shape index (κ3) is 4.48. The molecule has 1 amide bonds. The number of rotatable bonds is 6. The molecule has 1 N–H and O–H groups in total. The van der Waals surface area contributed by atoms with E-state index < -0.39 is 23.0 Å². The van der Waals surface area contributed by atoms with Gasteiger partial charge >= 0.3 is 5.69 Å². The summed E-state index contributed by atoms with van der Waals surface area (Å²) in [5.41, 5.74) is 2.53. The Kier molecular flexibility index (Phi) is 5.95. The second-order valence-electron chi connectivity index (χ2n) is 7.95. The SMILES string of the molecule is CCn1cc2c(n1)c(=O)n(Cc1ccc(F)cc1)c(=O)n2CC(=O)Nc1ccc(C)c(C)c1. The highest BCUT2D eigenvalue weighted by Crippen LogP contribution is 2.15. The van der Waals surface area contributed by atoms with E-state index in [1.54, 1.807) is 16.9 Å². The molecule has 170 valence electrons. The second-order valence-corrected chi connectivity index (χ2v) is 7.95. The zero-order valence-electron chi connectivity index (χ0n) is 18.6. The maximum absolute atomic E-state index is 13.3. The normalized spacial score (nSPS) is 11.2. The van der Waals surface area contributed by atoms with Crippen LogP contribution in [-0.4, -0.2) is 24.8 Å². The average molecular weight is 449 g/mol. The number of nitrogens with zero attached hydrogens (tertiary/aromatic N) is 4. The van der Waals surface area contributed by atoms with Crippen LogP contribution >= 0.6 is 0 Å². The largest absolute Gasteiger partial charge is 0.332 e. The minimum absolute atomic E-state index is 0.0638. The molecule has 0 atom stereocenters. The molecule has 0 fully saturated rings. The number of carbonyl (C=O) groups is 1. The van der Waals surface area contributed by atoms with Crippen molar-refractivity contribution in [3.8, 4) is 0 Å². The van der Waals surface area contributed by atoms with Gasteiger partial charge in [0.05, 0.1) is 12.1 Å². The summed E-state index contributed by atoms with van der Waals surface area (Å²) in [6.45, 7) is 5.93. The van der Waals surface area contributed by atoms with Crippen molar-refractivity contribution >= 4 is 22.6 Å². The molecule has 0 saturated heterocycles. The lowest BCUT2D eigenvalue weighted by Crippen LogP contribution is -2.41. The molecule has 2 heterocycles. The van der Waals surface area contributed by atoms with Gasteiger partial charge in [0.2, 0.25) is 5.91 Å². The fourth-order valence-corrected chi connectivity index (χ4v) is 3.61. The second kappa shape index (κ2) is 8.85. The predicted molar refractivity (Wildman–Crippen MR) is 124 cm³/mol. The van der Waals surface area contributed by atoms with Gasteiger partial charge in [-0.25, -0.2) is 9.18 Å². The molecule has 0 bridgehead atoms. The molecule has 33 heavy (non-hydrogen) atoms.